The second-order valence-corrected chi connectivity index (χ2v) is 6.73. The van der Waals surface area contributed by atoms with Crippen LogP contribution in [0.4, 0.5) is 0 Å². The van der Waals surface area contributed by atoms with E-state index >= 15 is 0 Å². The maximum Gasteiger partial charge on any atom is 0.264 e. The molecule has 1 aliphatic rings. The highest BCUT2D eigenvalue weighted by Gasteiger charge is 2.22. The van der Waals surface area contributed by atoms with E-state index in [1.807, 2.05) is 35.2 Å². The molecule has 0 radical (unpaired) electrons. The lowest BCUT2D eigenvalue weighted by Crippen LogP contribution is -2.35. The van der Waals surface area contributed by atoms with Gasteiger partial charge in [-0.15, -0.1) is 11.3 Å². The van der Waals surface area contributed by atoms with Crippen LogP contribution in [0.2, 0.25) is 0 Å². The monoisotopic (exact) mass is 320 g/mol. The number of benzene rings is 1. The Morgan fingerprint density at radius 2 is 1.78 bits per heavy atom. The number of amides is 1. The van der Waals surface area contributed by atoms with Gasteiger partial charge >= 0.3 is 0 Å². The molecule has 0 aliphatic carbocycles. The van der Waals surface area contributed by atoms with Crippen LogP contribution in [0.3, 0.4) is 0 Å². The standard InChI is InChI=1S/C19H16N2OS/c22-19(21-12-9-14-3-1-2-4-16(14)13-21)18-6-5-17(23-18)15-7-10-20-11-8-15/h1-8,10-11H,9,12-13H2. The van der Waals surface area contributed by atoms with Crippen molar-refractivity contribution < 1.29 is 4.79 Å². The molecule has 2 aromatic heterocycles. The zero-order chi connectivity index (χ0) is 15.6. The number of pyridine rings is 1. The molecule has 0 bridgehead atoms. The average Bonchev–Trinajstić information content (AvgIpc) is 3.11. The zero-order valence-electron chi connectivity index (χ0n) is 12.6. The molecule has 1 aliphatic heterocycles. The van der Waals surface area contributed by atoms with Crippen molar-refractivity contribution in [3.05, 3.63) is 76.9 Å². The van der Waals surface area contributed by atoms with Gasteiger partial charge in [-0.05, 0) is 47.4 Å². The minimum absolute atomic E-state index is 0.129. The number of hydrogen-bond acceptors (Lipinski definition) is 3. The van der Waals surface area contributed by atoms with Gasteiger partial charge in [0.1, 0.15) is 0 Å². The smallest absolute Gasteiger partial charge is 0.264 e. The van der Waals surface area contributed by atoms with E-state index in [9.17, 15) is 4.79 Å². The lowest BCUT2D eigenvalue weighted by atomic mass is 10.00. The number of aromatic nitrogens is 1. The van der Waals surface area contributed by atoms with Crippen LogP contribution in [0.5, 0.6) is 0 Å². The number of thiophene rings is 1. The van der Waals surface area contributed by atoms with Crippen molar-refractivity contribution >= 4 is 17.2 Å². The molecule has 1 amide bonds. The van der Waals surface area contributed by atoms with E-state index in [-0.39, 0.29) is 5.91 Å². The van der Waals surface area contributed by atoms with Crippen LogP contribution in [-0.4, -0.2) is 22.3 Å². The average molecular weight is 320 g/mol. The minimum Gasteiger partial charge on any atom is -0.333 e. The molecule has 3 heterocycles. The number of fused-ring (bicyclic) bond motifs is 1. The molecular formula is C19H16N2OS. The predicted octanol–water partition coefficient (Wildman–Crippen LogP) is 4.01. The van der Waals surface area contributed by atoms with Crippen molar-refractivity contribution in [1.82, 2.24) is 9.88 Å². The normalized spacial score (nSPS) is 13.7. The van der Waals surface area contributed by atoms with E-state index < -0.39 is 0 Å². The first kappa shape index (κ1) is 14.2. The molecule has 4 rings (SSSR count). The van der Waals surface area contributed by atoms with Crippen molar-refractivity contribution in [3.63, 3.8) is 0 Å². The maximum atomic E-state index is 12.8. The van der Waals surface area contributed by atoms with E-state index in [2.05, 4.69) is 23.2 Å². The highest BCUT2D eigenvalue weighted by molar-refractivity contribution is 7.17. The van der Waals surface area contributed by atoms with Crippen molar-refractivity contribution in [3.8, 4) is 10.4 Å². The van der Waals surface area contributed by atoms with Gasteiger partial charge in [-0.3, -0.25) is 9.78 Å². The summed E-state index contributed by atoms with van der Waals surface area (Å²) in [6.07, 6.45) is 4.49. The minimum atomic E-state index is 0.129. The van der Waals surface area contributed by atoms with Crippen LogP contribution >= 0.6 is 11.3 Å². The highest BCUT2D eigenvalue weighted by atomic mass is 32.1. The molecular weight excluding hydrogens is 304 g/mol. The SMILES string of the molecule is O=C(c1ccc(-c2ccncc2)s1)N1CCc2ccccc2C1. The van der Waals surface area contributed by atoms with E-state index in [0.717, 1.165) is 28.3 Å². The van der Waals surface area contributed by atoms with Gasteiger partial charge in [-0.25, -0.2) is 0 Å². The fourth-order valence-electron chi connectivity index (χ4n) is 2.95. The van der Waals surface area contributed by atoms with Gasteiger partial charge in [0.15, 0.2) is 0 Å². The predicted molar refractivity (Wildman–Crippen MR) is 92.4 cm³/mol. The molecule has 0 saturated carbocycles. The Kier molecular flexibility index (Phi) is 3.67. The van der Waals surface area contributed by atoms with Crippen LogP contribution in [-0.2, 0) is 13.0 Å². The molecule has 0 unspecified atom stereocenters. The largest absolute Gasteiger partial charge is 0.333 e. The van der Waals surface area contributed by atoms with E-state index in [4.69, 9.17) is 0 Å². The summed E-state index contributed by atoms with van der Waals surface area (Å²) in [5.74, 6) is 0.129. The van der Waals surface area contributed by atoms with Gasteiger partial charge in [0, 0.05) is 30.4 Å². The highest BCUT2D eigenvalue weighted by Crippen LogP contribution is 2.29. The molecule has 0 N–H and O–H groups in total. The van der Waals surface area contributed by atoms with Gasteiger partial charge in [0.25, 0.3) is 5.91 Å². The first-order valence-electron chi connectivity index (χ1n) is 7.67. The summed E-state index contributed by atoms with van der Waals surface area (Å²) in [4.78, 5) is 20.7. The van der Waals surface area contributed by atoms with E-state index in [1.54, 1.807) is 23.7 Å². The van der Waals surface area contributed by atoms with Gasteiger partial charge in [-0.1, -0.05) is 24.3 Å². The van der Waals surface area contributed by atoms with Crippen molar-refractivity contribution in [2.75, 3.05) is 6.54 Å². The topological polar surface area (TPSA) is 33.2 Å². The number of nitrogens with zero attached hydrogens (tertiary/aromatic N) is 2. The molecule has 0 saturated heterocycles. The summed E-state index contributed by atoms with van der Waals surface area (Å²) in [5.41, 5.74) is 3.73. The summed E-state index contributed by atoms with van der Waals surface area (Å²) < 4.78 is 0. The summed E-state index contributed by atoms with van der Waals surface area (Å²) in [6, 6.07) is 16.3. The Bertz CT molecular complexity index is 841. The molecule has 114 valence electrons. The van der Waals surface area contributed by atoms with Gasteiger partial charge in [0.05, 0.1) is 4.88 Å². The third kappa shape index (κ3) is 2.78. The second kappa shape index (κ2) is 5.97. The van der Waals surface area contributed by atoms with Crippen molar-refractivity contribution in [2.45, 2.75) is 13.0 Å². The van der Waals surface area contributed by atoms with Crippen molar-refractivity contribution in [2.24, 2.45) is 0 Å². The number of carbonyl (C=O) groups excluding carboxylic acids is 1. The van der Waals surface area contributed by atoms with Crippen LogP contribution in [0.25, 0.3) is 10.4 Å². The van der Waals surface area contributed by atoms with Gasteiger partial charge in [-0.2, -0.15) is 0 Å². The number of carbonyl (C=O) groups is 1. The molecule has 4 heteroatoms. The molecule has 0 atom stereocenters. The number of hydrogen-bond donors (Lipinski definition) is 0. The summed E-state index contributed by atoms with van der Waals surface area (Å²) >= 11 is 1.55. The quantitative estimate of drug-likeness (QED) is 0.715. The van der Waals surface area contributed by atoms with Crippen LogP contribution in [0, 0.1) is 0 Å². The van der Waals surface area contributed by atoms with Crippen molar-refractivity contribution in [1.29, 1.82) is 0 Å². The Hall–Kier alpha value is -2.46. The Labute approximate surface area is 139 Å². The third-order valence-electron chi connectivity index (χ3n) is 4.20. The molecule has 0 spiro atoms. The van der Waals surface area contributed by atoms with Gasteiger partial charge < -0.3 is 4.90 Å². The third-order valence-corrected chi connectivity index (χ3v) is 5.32. The zero-order valence-corrected chi connectivity index (χ0v) is 13.4. The number of rotatable bonds is 2. The van der Waals surface area contributed by atoms with E-state index in [0.29, 0.717) is 6.54 Å². The van der Waals surface area contributed by atoms with Crippen LogP contribution < -0.4 is 0 Å². The van der Waals surface area contributed by atoms with E-state index in [1.165, 1.54) is 11.1 Å². The fourth-order valence-corrected chi connectivity index (χ4v) is 3.93. The molecule has 3 nitrogen and oxygen atoms in total. The van der Waals surface area contributed by atoms with Crippen LogP contribution in [0.15, 0.2) is 60.9 Å². The Morgan fingerprint density at radius 1 is 1.00 bits per heavy atom. The first-order chi connectivity index (χ1) is 11.3. The first-order valence-corrected chi connectivity index (χ1v) is 8.49. The Morgan fingerprint density at radius 3 is 2.61 bits per heavy atom. The summed E-state index contributed by atoms with van der Waals surface area (Å²) in [5, 5.41) is 0. The second-order valence-electron chi connectivity index (χ2n) is 5.65. The van der Waals surface area contributed by atoms with Gasteiger partial charge in [0.2, 0.25) is 0 Å². The fraction of sp³-hybridized carbons (Fsp3) is 0.158. The molecule has 1 aromatic carbocycles. The molecule has 23 heavy (non-hydrogen) atoms. The Balaban J connectivity index is 1.55. The van der Waals surface area contributed by atoms with Crippen LogP contribution in [0.1, 0.15) is 20.8 Å². The molecule has 0 fully saturated rings. The summed E-state index contributed by atoms with van der Waals surface area (Å²) in [6.45, 7) is 1.50. The maximum absolute atomic E-state index is 12.8. The lowest BCUT2D eigenvalue weighted by Gasteiger charge is -2.28. The molecule has 3 aromatic rings. The summed E-state index contributed by atoms with van der Waals surface area (Å²) in [7, 11) is 0. The lowest BCUT2D eigenvalue weighted by molar-refractivity contribution is 0.0739.